The number of likely N-dealkylation sites (tertiary alicyclic amines) is 1. The zero-order valence-electron chi connectivity index (χ0n) is 59.3. The number of methoxy groups -OCH3 is 2. The van der Waals surface area contributed by atoms with E-state index in [1.165, 1.54) is 38.3 Å². The summed E-state index contributed by atoms with van der Waals surface area (Å²) >= 11 is 0. The van der Waals surface area contributed by atoms with E-state index in [1.54, 1.807) is 133 Å². The van der Waals surface area contributed by atoms with Crippen molar-refractivity contribution >= 4 is 76.7 Å². The molecule has 0 aliphatic carbocycles. The summed E-state index contributed by atoms with van der Waals surface area (Å²) in [7, 11) is 6.08. The second-order valence-corrected chi connectivity index (χ2v) is 26.7. The minimum absolute atomic E-state index is 0.0806. The molecule has 12 atom stereocenters. The third-order valence-electron chi connectivity index (χ3n) is 18.4. The van der Waals surface area contributed by atoms with E-state index < -0.39 is 126 Å². The molecule has 2 heterocycles. The van der Waals surface area contributed by atoms with Crippen LogP contribution >= 0.6 is 0 Å². The van der Waals surface area contributed by atoms with Gasteiger partial charge in [0.2, 0.25) is 41.4 Å². The first-order chi connectivity index (χ1) is 46.4. The van der Waals surface area contributed by atoms with Crippen LogP contribution in [0.4, 0.5) is 21.0 Å². The van der Waals surface area contributed by atoms with Crippen molar-refractivity contribution in [1.29, 1.82) is 0 Å². The summed E-state index contributed by atoms with van der Waals surface area (Å²) in [6.07, 6.45) is 2.33. The van der Waals surface area contributed by atoms with E-state index in [2.05, 4.69) is 31.9 Å². The Kier molecular flexibility index (Phi) is 31.3. The number of ether oxygens (including phenoxy) is 3. The Morgan fingerprint density at radius 1 is 0.694 bits per heavy atom. The van der Waals surface area contributed by atoms with Crippen LogP contribution < -0.4 is 42.5 Å². The molecule has 0 saturated carbocycles. The van der Waals surface area contributed by atoms with Crippen molar-refractivity contribution in [3.05, 3.63) is 108 Å². The maximum Gasteiger partial charge on any atom is 0.410 e. The monoisotopic (exact) mass is 1360 g/mol. The number of hydrogen-bond donors (Lipinski definition) is 8. The summed E-state index contributed by atoms with van der Waals surface area (Å²) in [6, 6.07) is 15.6. The molecule has 3 aromatic carbocycles. The van der Waals surface area contributed by atoms with Crippen LogP contribution in [0.2, 0.25) is 0 Å². The topological polar surface area (TPSA) is 347 Å². The Labute approximate surface area is 576 Å². The van der Waals surface area contributed by atoms with Gasteiger partial charge in [0, 0.05) is 65.7 Å². The number of nitrogens with zero attached hydrogens (tertiary/aromatic N) is 4. The third kappa shape index (κ3) is 22.4. The van der Waals surface area contributed by atoms with Crippen molar-refractivity contribution in [3.8, 4) is 0 Å². The van der Waals surface area contributed by atoms with Gasteiger partial charge in [0.05, 0.1) is 54.5 Å². The highest BCUT2D eigenvalue weighted by Crippen LogP contribution is 2.31. The molecule has 26 heteroatoms. The molecule has 1 unspecified atom stereocenters. The van der Waals surface area contributed by atoms with Gasteiger partial charge in [0.15, 0.2) is 0 Å². The summed E-state index contributed by atoms with van der Waals surface area (Å²) in [6.45, 7) is 18.4. The maximum atomic E-state index is 14.8. The van der Waals surface area contributed by atoms with Crippen molar-refractivity contribution in [2.75, 3.05) is 51.6 Å². The number of nitrogens with one attached hydrogen (secondary N) is 6. The molecule has 538 valence electrons. The van der Waals surface area contributed by atoms with Gasteiger partial charge in [-0.25, -0.2) is 14.5 Å². The van der Waals surface area contributed by atoms with Gasteiger partial charge in [0.1, 0.15) is 30.8 Å². The minimum Gasteiger partial charge on any atom is -0.445 e. The number of imide groups is 1. The number of anilines is 2. The number of carbonyl (C=O) groups excluding carboxylic acids is 11. The quantitative estimate of drug-likeness (QED) is 0.0241. The molecule has 1 saturated heterocycles. The van der Waals surface area contributed by atoms with Gasteiger partial charge < -0.3 is 66.8 Å². The SMILES string of the molecule is CC[C@H](C)C([C@@H](CC(=O)N1CCC[C@H]1[C@H](OC)[C@@H](C)C(=O)N[C@H](C)[C@@H](O)c1ccccc1)OC)N(C)C(=O)[C@@H](NC(=O)[C@H](C(C)C)N(C)C(=O)OCc1ccc(NC(=O)[C@H](CCCNC(N)=O)NC(=O)[C@@H](NC(=O)CCCc2ccc(N3C(=O)C=CC3=O)cc2)C(C)C)cc1)C(C)C. The highest BCUT2D eigenvalue weighted by atomic mass is 16.6. The van der Waals surface area contributed by atoms with Gasteiger partial charge in [0.25, 0.3) is 11.8 Å². The number of amides is 12. The van der Waals surface area contributed by atoms with Crippen LogP contribution in [0.25, 0.3) is 0 Å². The Morgan fingerprint density at radius 2 is 1.32 bits per heavy atom. The van der Waals surface area contributed by atoms with E-state index in [0.717, 1.165) is 10.5 Å². The van der Waals surface area contributed by atoms with Crippen molar-refractivity contribution in [2.24, 2.45) is 35.3 Å². The predicted molar refractivity (Wildman–Crippen MR) is 370 cm³/mol. The van der Waals surface area contributed by atoms with Crippen LogP contribution in [0.1, 0.15) is 143 Å². The molecule has 2 aliphatic rings. The molecule has 9 N–H and O–H groups in total. The van der Waals surface area contributed by atoms with Gasteiger partial charge in [-0.15, -0.1) is 0 Å². The van der Waals surface area contributed by atoms with Crippen LogP contribution in [0.5, 0.6) is 0 Å². The van der Waals surface area contributed by atoms with Crippen LogP contribution in [0.15, 0.2) is 91.0 Å². The molecule has 26 nitrogen and oxygen atoms in total. The highest BCUT2D eigenvalue weighted by Gasteiger charge is 2.44. The van der Waals surface area contributed by atoms with Crippen LogP contribution in [0, 0.1) is 29.6 Å². The lowest BCUT2D eigenvalue weighted by Crippen LogP contribution is -2.60. The van der Waals surface area contributed by atoms with Crippen molar-refractivity contribution in [2.45, 2.75) is 194 Å². The zero-order valence-corrected chi connectivity index (χ0v) is 59.3. The predicted octanol–water partition coefficient (Wildman–Crippen LogP) is 6.04. The van der Waals surface area contributed by atoms with E-state index in [1.807, 2.05) is 32.0 Å². The van der Waals surface area contributed by atoms with Crippen LogP contribution in [-0.4, -0.2) is 181 Å². The molecule has 1 fully saturated rings. The van der Waals surface area contributed by atoms with Crippen molar-refractivity contribution in [3.63, 3.8) is 0 Å². The first-order valence-electron chi connectivity index (χ1n) is 34.0. The second-order valence-electron chi connectivity index (χ2n) is 26.7. The van der Waals surface area contributed by atoms with E-state index in [4.69, 9.17) is 19.9 Å². The summed E-state index contributed by atoms with van der Waals surface area (Å²) < 4.78 is 17.8. The highest BCUT2D eigenvalue weighted by molar-refractivity contribution is 6.28. The standard InChI is InChI=1S/C72H105N11O15/c1-15-45(8)63(55(96-13)40-59(87)82-39-21-26-54(82)65(97-14)46(9)66(89)75-47(10)64(88)50-23-17-16-18-24-50)80(11)70(93)61(43(4)5)79-69(92)62(44(6)7)81(12)72(95)98-41-49-28-32-51(33-29-49)76-67(90)53(25-20-38-74-71(73)94)77-68(91)60(42(2)3)78-56(84)27-19-22-48-30-34-52(35-31-48)83-57(85)36-37-58(83)86/h16-18,23-24,28-37,42-47,53-55,60-65,88H,15,19-22,25-27,38-41H2,1-14H3,(H,75,89)(H,76,90)(H,77,91)(H,78,84)(H,79,92)(H3,73,74,94)/t45-,46+,47+,53-,54-,55+,60-,61-,62-,63?,64+,65+/m0/s1. The molecule has 0 aromatic heterocycles. The van der Waals surface area contributed by atoms with Gasteiger partial charge in [-0.3, -0.25) is 48.1 Å². The molecule has 5 rings (SSSR count). The van der Waals surface area contributed by atoms with Gasteiger partial charge in [-0.1, -0.05) is 123 Å². The van der Waals surface area contributed by atoms with E-state index in [0.29, 0.717) is 61.2 Å². The van der Waals surface area contributed by atoms with Crippen LogP contribution in [-0.2, 0) is 70.4 Å². The molecule has 98 heavy (non-hydrogen) atoms. The average molecular weight is 1360 g/mol. The number of aryl methyl sites for hydroxylation is 1. The fourth-order valence-electron chi connectivity index (χ4n) is 12.6. The number of carbonyl (C=O) groups is 11. The van der Waals surface area contributed by atoms with Crippen molar-refractivity contribution < 1.29 is 72.1 Å². The summed E-state index contributed by atoms with van der Waals surface area (Å²) in [5.41, 5.74) is 8.10. The molecule has 3 aromatic rings. The molecular formula is C72H105N11O15. The molecule has 2 aliphatic heterocycles. The summed E-state index contributed by atoms with van der Waals surface area (Å²) in [4.78, 5) is 153. The molecule has 0 spiro atoms. The first-order valence-corrected chi connectivity index (χ1v) is 34.0. The molecule has 0 radical (unpaired) electrons. The fourth-order valence-corrected chi connectivity index (χ4v) is 12.6. The molecule has 12 amide bonds. The number of rotatable bonds is 37. The number of likely N-dealkylation sites (N-methyl/N-ethyl adjacent to an activating group) is 2. The number of primary amides is 1. The molecular weight excluding hydrogens is 1260 g/mol. The lowest BCUT2D eigenvalue weighted by atomic mass is 9.89. The number of hydrogen-bond acceptors (Lipinski definition) is 15. The Bertz CT molecular complexity index is 3200. The van der Waals surface area contributed by atoms with Gasteiger partial charge >= 0.3 is 12.1 Å². The maximum absolute atomic E-state index is 14.8. The Morgan fingerprint density at radius 3 is 1.89 bits per heavy atom. The largest absolute Gasteiger partial charge is 0.445 e. The number of urea groups is 1. The van der Waals surface area contributed by atoms with Gasteiger partial charge in [-0.05, 0) is 110 Å². The average Bonchev–Trinajstić information content (AvgIpc) is 1.40. The van der Waals surface area contributed by atoms with E-state index in [9.17, 15) is 57.8 Å². The first kappa shape index (κ1) is 79.9. The number of benzene rings is 3. The van der Waals surface area contributed by atoms with Crippen molar-refractivity contribution in [1.82, 2.24) is 41.3 Å². The smallest absolute Gasteiger partial charge is 0.410 e. The fraction of sp³-hybridized carbons (Fsp3) is 0.569. The normalized spacial score (nSPS) is 17.1. The number of nitrogens with two attached hydrogens (primary N) is 1. The summed E-state index contributed by atoms with van der Waals surface area (Å²) in [5.74, 6) is -6.13. The second kappa shape index (κ2) is 38.4. The van der Waals surface area contributed by atoms with E-state index in [-0.39, 0.29) is 68.4 Å². The summed E-state index contributed by atoms with van der Waals surface area (Å²) in [5, 5.41) is 27.7. The third-order valence-corrected chi connectivity index (χ3v) is 18.4. The lowest BCUT2D eigenvalue weighted by Gasteiger charge is -2.41. The molecule has 0 bridgehead atoms. The number of aliphatic hydroxyl groups is 1. The number of aliphatic hydroxyl groups excluding tert-OH is 1. The lowest BCUT2D eigenvalue weighted by molar-refractivity contribution is -0.148. The van der Waals surface area contributed by atoms with Gasteiger partial charge in [-0.2, -0.15) is 0 Å². The van der Waals surface area contributed by atoms with Crippen LogP contribution in [0.3, 0.4) is 0 Å². The minimum atomic E-state index is -1.12. The zero-order chi connectivity index (χ0) is 72.7. The van der Waals surface area contributed by atoms with E-state index >= 15 is 0 Å². The Balaban J connectivity index is 1.17. The Hall–Kier alpha value is -8.75.